The lowest BCUT2D eigenvalue weighted by atomic mass is 10.00. The van der Waals surface area contributed by atoms with Crippen molar-refractivity contribution in [2.24, 2.45) is 0 Å². The van der Waals surface area contributed by atoms with Crippen molar-refractivity contribution >= 4 is 22.1 Å². The molecule has 0 atom stereocenters. The van der Waals surface area contributed by atoms with Gasteiger partial charge in [0.2, 0.25) is 0 Å². The smallest absolute Gasteiger partial charge is 0.340 e. The molecule has 0 aromatic heterocycles. The molecular formula is C30H45F3O2Si2. The molecule has 0 heterocycles. The molecule has 206 valence electrons. The van der Waals surface area contributed by atoms with Crippen LogP contribution in [0.1, 0.15) is 105 Å². The van der Waals surface area contributed by atoms with Crippen LogP contribution in [0.3, 0.4) is 0 Å². The van der Waals surface area contributed by atoms with Crippen molar-refractivity contribution in [2.75, 3.05) is 7.11 Å². The van der Waals surface area contributed by atoms with Crippen LogP contribution < -0.4 is 0 Å². The van der Waals surface area contributed by atoms with E-state index in [9.17, 15) is 9.18 Å². The Morgan fingerprint density at radius 1 is 0.595 bits per heavy atom. The highest BCUT2D eigenvalue weighted by molar-refractivity contribution is 6.91. The van der Waals surface area contributed by atoms with Crippen LogP contribution in [-0.4, -0.2) is 29.2 Å². The van der Waals surface area contributed by atoms with E-state index in [2.05, 4.69) is 106 Å². The quantitative estimate of drug-likeness (QED) is 0.146. The van der Waals surface area contributed by atoms with Crippen LogP contribution in [0, 0.1) is 40.4 Å². The first-order valence-corrected chi connectivity index (χ1v) is 17.8. The number of rotatable bonds is 7. The molecule has 0 spiro atoms. The first-order chi connectivity index (χ1) is 16.9. The summed E-state index contributed by atoms with van der Waals surface area (Å²) in [5.41, 5.74) is 6.62. The number of ether oxygens (including phenoxy) is 1. The van der Waals surface area contributed by atoms with E-state index in [1.165, 1.54) is 0 Å². The highest BCUT2D eigenvalue weighted by Crippen LogP contribution is 2.42. The van der Waals surface area contributed by atoms with Gasteiger partial charge in [0.15, 0.2) is 17.5 Å². The largest absolute Gasteiger partial charge is 0.465 e. The maximum atomic E-state index is 15.3. The number of halogens is 3. The Hall–Kier alpha value is -1.97. The molecule has 0 bridgehead atoms. The maximum absolute atomic E-state index is 15.3. The summed E-state index contributed by atoms with van der Waals surface area (Å²) in [5, 5.41) is 0. The highest BCUT2D eigenvalue weighted by Gasteiger charge is 2.43. The topological polar surface area (TPSA) is 26.3 Å². The van der Waals surface area contributed by atoms with Crippen LogP contribution >= 0.6 is 0 Å². The van der Waals surface area contributed by atoms with Crippen molar-refractivity contribution in [3.8, 4) is 22.9 Å². The van der Waals surface area contributed by atoms with E-state index in [1.807, 2.05) is 0 Å². The molecule has 7 heteroatoms. The molecular weight excluding hydrogens is 505 g/mol. The highest BCUT2D eigenvalue weighted by atomic mass is 28.3. The minimum absolute atomic E-state index is 0.226. The van der Waals surface area contributed by atoms with Gasteiger partial charge in [-0.15, -0.1) is 11.1 Å². The first-order valence-electron chi connectivity index (χ1n) is 13.3. The minimum Gasteiger partial charge on any atom is -0.465 e. The molecule has 0 N–H and O–H groups in total. The van der Waals surface area contributed by atoms with Crippen molar-refractivity contribution in [1.29, 1.82) is 0 Å². The SMILES string of the molecule is COC(=O)c1c(C#C[Si](C(C)C)(C(C)C)C(C)C)c(F)c(F)c(F)c1C#C[Si](C(C)C)(C(C)C)C(C)C. The molecule has 1 aromatic carbocycles. The van der Waals surface area contributed by atoms with E-state index < -0.39 is 56.3 Å². The molecule has 0 fully saturated rings. The summed E-state index contributed by atoms with van der Waals surface area (Å²) in [4.78, 5) is 12.9. The van der Waals surface area contributed by atoms with Crippen molar-refractivity contribution in [3.63, 3.8) is 0 Å². The van der Waals surface area contributed by atoms with Crippen LogP contribution in [0.5, 0.6) is 0 Å². The molecule has 0 aliphatic carbocycles. The average Bonchev–Trinajstić information content (AvgIpc) is 2.78. The average molecular weight is 551 g/mol. The number of methoxy groups -OCH3 is 1. The molecule has 0 radical (unpaired) electrons. The number of carbonyl (C=O) groups is 1. The Bertz CT molecular complexity index is 993. The van der Waals surface area contributed by atoms with Crippen molar-refractivity contribution in [3.05, 3.63) is 34.1 Å². The third-order valence-corrected chi connectivity index (χ3v) is 20.8. The van der Waals surface area contributed by atoms with E-state index in [4.69, 9.17) is 4.74 Å². The Labute approximate surface area is 225 Å². The number of esters is 1. The lowest BCUT2D eigenvalue weighted by molar-refractivity contribution is 0.0598. The van der Waals surface area contributed by atoms with Gasteiger partial charge in [0.05, 0.1) is 23.8 Å². The van der Waals surface area contributed by atoms with Crippen LogP contribution in [0.25, 0.3) is 0 Å². The Morgan fingerprint density at radius 2 is 0.865 bits per heavy atom. The molecule has 0 unspecified atom stereocenters. The molecule has 0 saturated heterocycles. The van der Waals surface area contributed by atoms with Crippen molar-refractivity contribution in [1.82, 2.24) is 0 Å². The van der Waals surface area contributed by atoms with Crippen LogP contribution in [0.4, 0.5) is 13.2 Å². The maximum Gasteiger partial charge on any atom is 0.340 e. The zero-order chi connectivity index (χ0) is 29.0. The summed E-state index contributed by atoms with van der Waals surface area (Å²) < 4.78 is 50.5. The third-order valence-electron chi connectivity index (χ3n) is 8.25. The number of hydrogen-bond donors (Lipinski definition) is 0. The van der Waals surface area contributed by atoms with Crippen LogP contribution in [0.2, 0.25) is 33.2 Å². The van der Waals surface area contributed by atoms with Gasteiger partial charge in [-0.25, -0.2) is 18.0 Å². The molecule has 2 nitrogen and oxygen atoms in total. The van der Waals surface area contributed by atoms with Gasteiger partial charge >= 0.3 is 5.97 Å². The lowest BCUT2D eigenvalue weighted by Gasteiger charge is -2.38. The fourth-order valence-corrected chi connectivity index (χ4v) is 16.8. The monoisotopic (exact) mass is 550 g/mol. The Kier molecular flexibility index (Phi) is 11.4. The molecule has 0 amide bonds. The van der Waals surface area contributed by atoms with Gasteiger partial charge in [-0.05, 0) is 33.2 Å². The molecule has 0 aliphatic heterocycles. The van der Waals surface area contributed by atoms with Gasteiger partial charge in [0, 0.05) is 0 Å². The predicted molar refractivity (Wildman–Crippen MR) is 154 cm³/mol. The summed E-state index contributed by atoms with van der Waals surface area (Å²) in [7, 11) is -3.61. The standard InChI is InChI=1S/C30H45F3O2Si2/c1-18(2)36(19(3)4,20(5)6)16-14-24-26(30(34)35-13)25(28(32)29(33)27(24)31)15-17-37(21(7)8,22(9)10)23(11)12/h18-23H,1-13H3. The lowest BCUT2D eigenvalue weighted by Crippen LogP contribution is -2.43. The van der Waals surface area contributed by atoms with Crippen molar-refractivity contribution < 1.29 is 22.7 Å². The zero-order valence-electron chi connectivity index (χ0n) is 24.9. The number of carbonyl (C=O) groups excluding carboxylic acids is 1. The van der Waals surface area contributed by atoms with Gasteiger partial charge in [0.1, 0.15) is 16.1 Å². The minimum atomic E-state index is -2.37. The normalized spacial score (nSPS) is 12.4. The van der Waals surface area contributed by atoms with E-state index in [0.717, 1.165) is 7.11 Å². The predicted octanol–water partition coefficient (Wildman–Crippen LogP) is 9.03. The second-order valence-electron chi connectivity index (χ2n) is 11.9. The Morgan fingerprint density at radius 3 is 1.08 bits per heavy atom. The zero-order valence-corrected chi connectivity index (χ0v) is 26.9. The van der Waals surface area contributed by atoms with E-state index in [-0.39, 0.29) is 33.2 Å². The van der Waals surface area contributed by atoms with E-state index in [0.29, 0.717) is 0 Å². The summed E-state index contributed by atoms with van der Waals surface area (Å²) in [6, 6.07) is 0. The summed E-state index contributed by atoms with van der Waals surface area (Å²) in [5.74, 6) is 0.0519. The molecule has 37 heavy (non-hydrogen) atoms. The second-order valence-corrected chi connectivity index (χ2v) is 23.0. The Balaban J connectivity index is 4.25. The summed E-state index contributed by atoms with van der Waals surface area (Å²) in [6.07, 6.45) is 0. The van der Waals surface area contributed by atoms with Gasteiger partial charge in [-0.2, -0.15) is 0 Å². The summed E-state index contributed by atoms with van der Waals surface area (Å²) >= 11 is 0. The fourth-order valence-electron chi connectivity index (χ4n) is 6.41. The van der Waals surface area contributed by atoms with E-state index in [1.54, 1.807) is 0 Å². The van der Waals surface area contributed by atoms with E-state index >= 15 is 8.78 Å². The van der Waals surface area contributed by atoms with Gasteiger partial charge in [0.25, 0.3) is 0 Å². The third kappa shape index (κ3) is 6.04. The van der Waals surface area contributed by atoms with Gasteiger partial charge in [-0.3, -0.25) is 0 Å². The number of benzene rings is 1. The van der Waals surface area contributed by atoms with Crippen molar-refractivity contribution in [2.45, 2.75) is 116 Å². The number of hydrogen-bond acceptors (Lipinski definition) is 2. The molecule has 1 aromatic rings. The molecule has 0 saturated carbocycles. The first kappa shape index (κ1) is 33.1. The van der Waals surface area contributed by atoms with Gasteiger partial charge < -0.3 is 4.74 Å². The molecule has 0 aliphatic rings. The fraction of sp³-hybridized carbons (Fsp3) is 0.633. The molecule has 1 rings (SSSR count). The summed E-state index contributed by atoms with van der Waals surface area (Å²) in [6.45, 7) is 25.1. The van der Waals surface area contributed by atoms with Crippen LogP contribution in [0.15, 0.2) is 0 Å². The van der Waals surface area contributed by atoms with Crippen LogP contribution in [-0.2, 0) is 4.74 Å². The second kappa shape index (κ2) is 12.7. The van der Waals surface area contributed by atoms with Gasteiger partial charge in [-0.1, -0.05) is 94.9 Å².